The van der Waals surface area contributed by atoms with Gasteiger partial charge in [-0.25, -0.2) is 0 Å². The van der Waals surface area contributed by atoms with E-state index >= 15 is 0 Å². The molecule has 0 aromatic heterocycles. The van der Waals surface area contributed by atoms with Gasteiger partial charge in [-0.05, 0) is 0 Å². The second-order valence-corrected chi connectivity index (χ2v) is 2.64. The summed E-state index contributed by atoms with van der Waals surface area (Å²) >= 11 is 0. The van der Waals surface area contributed by atoms with Crippen LogP contribution in [0.4, 0.5) is 0 Å². The summed E-state index contributed by atoms with van der Waals surface area (Å²) < 4.78 is 0. The summed E-state index contributed by atoms with van der Waals surface area (Å²) in [5.41, 5.74) is -2.05. The van der Waals surface area contributed by atoms with Crippen molar-refractivity contribution in [3.8, 4) is 0 Å². The van der Waals surface area contributed by atoms with E-state index in [0.717, 1.165) is 4.90 Å². The maximum absolute atomic E-state index is 11.0. The number of hydrogen-bond donors (Lipinski definition) is 0. The van der Waals surface area contributed by atoms with Crippen molar-refractivity contribution in [2.24, 2.45) is 5.41 Å². The molecule has 2 saturated heterocycles. The van der Waals surface area contributed by atoms with Gasteiger partial charge in [0.2, 0.25) is 5.41 Å². The predicted octanol–water partition coefficient (Wildman–Crippen LogP) is -1.14. The van der Waals surface area contributed by atoms with Gasteiger partial charge in [0, 0.05) is 7.05 Å². The number of imide groups is 2. The predicted molar refractivity (Wildman–Crippen MR) is 40.0 cm³/mol. The molecule has 0 atom stereocenters. The first-order chi connectivity index (χ1) is 5.52. The van der Waals surface area contributed by atoms with Crippen molar-refractivity contribution in [2.75, 3.05) is 7.05 Å². The zero-order chi connectivity index (χ0) is 9.09. The number of likely N-dealkylation sites (tertiary alicyclic amines) is 1. The molecule has 0 aromatic carbocycles. The standard InChI is InChI=1S/C6H4N2O4.CH3.W/c1-8-4(11)6(5(8)12)2(9)7-3(6)10;;/h1H3,(H,7,9,10);1H3;/q;-1;+2/p-1. The third kappa shape index (κ3) is 0.891. The molecule has 2 aliphatic heterocycles. The van der Waals surface area contributed by atoms with Crippen LogP contribution in [0.1, 0.15) is 0 Å². The summed E-state index contributed by atoms with van der Waals surface area (Å²) in [5, 5.41) is 2.89. The Morgan fingerprint density at radius 2 is 1.43 bits per heavy atom. The van der Waals surface area contributed by atoms with Crippen molar-refractivity contribution in [2.45, 2.75) is 0 Å². The van der Waals surface area contributed by atoms with Gasteiger partial charge in [0.1, 0.15) is 0 Å². The van der Waals surface area contributed by atoms with Crippen molar-refractivity contribution in [1.82, 2.24) is 4.90 Å². The van der Waals surface area contributed by atoms with E-state index in [1.54, 1.807) is 0 Å². The van der Waals surface area contributed by atoms with Crippen LogP contribution in [-0.2, 0) is 40.2 Å². The second kappa shape index (κ2) is 3.27. The normalized spacial score (nSPS) is 21.6. The van der Waals surface area contributed by atoms with Gasteiger partial charge in [-0.2, -0.15) is 0 Å². The summed E-state index contributed by atoms with van der Waals surface area (Å²) in [6.45, 7) is 0. The van der Waals surface area contributed by atoms with E-state index in [1.807, 2.05) is 0 Å². The zero-order valence-electron chi connectivity index (χ0n) is 7.44. The van der Waals surface area contributed by atoms with Crippen LogP contribution in [0.2, 0.25) is 0 Å². The SMILES string of the molecule is CN1C(=O)C2(C(=O)[N-]C2=O)C1=O.[CH3-].[W+2]. The maximum Gasteiger partial charge on any atom is 2.00 e. The first kappa shape index (κ1) is 13.0. The van der Waals surface area contributed by atoms with Crippen molar-refractivity contribution in [1.29, 1.82) is 0 Å². The number of carbonyl (C=O) groups excluding carboxylic acids is 4. The zero-order valence-corrected chi connectivity index (χ0v) is 10.4. The number of amides is 4. The van der Waals surface area contributed by atoms with E-state index in [0.29, 0.717) is 0 Å². The summed E-state index contributed by atoms with van der Waals surface area (Å²) in [7, 11) is 1.22. The van der Waals surface area contributed by atoms with Crippen LogP contribution >= 0.6 is 0 Å². The number of carbonyl (C=O) groups is 4. The Balaban J connectivity index is 0.000000845. The van der Waals surface area contributed by atoms with Crippen LogP contribution in [0.3, 0.4) is 0 Å². The average Bonchev–Trinajstić information content (AvgIpc) is 2.04. The molecular weight excluding hydrogens is 360 g/mol. The monoisotopic (exact) mass is 366 g/mol. The van der Waals surface area contributed by atoms with E-state index in [-0.39, 0.29) is 28.5 Å². The molecule has 14 heavy (non-hydrogen) atoms. The molecular formula is C7H6N2O4W. The summed E-state index contributed by atoms with van der Waals surface area (Å²) in [6, 6.07) is 0. The molecule has 2 fully saturated rings. The molecule has 2 heterocycles. The minimum absolute atomic E-state index is 0. The van der Waals surface area contributed by atoms with Gasteiger partial charge in [0.25, 0.3) is 11.8 Å². The minimum Gasteiger partial charge on any atom is -0.592 e. The molecule has 2 aliphatic rings. The van der Waals surface area contributed by atoms with Crippen molar-refractivity contribution in [3.05, 3.63) is 12.7 Å². The number of hydrogen-bond acceptors (Lipinski definition) is 4. The summed E-state index contributed by atoms with van der Waals surface area (Å²) in [6.07, 6.45) is 0. The van der Waals surface area contributed by atoms with Crippen molar-refractivity contribution >= 4 is 23.6 Å². The van der Waals surface area contributed by atoms with E-state index in [4.69, 9.17) is 0 Å². The largest absolute Gasteiger partial charge is 2.00 e. The van der Waals surface area contributed by atoms with Crippen LogP contribution in [0.25, 0.3) is 5.32 Å². The third-order valence-corrected chi connectivity index (χ3v) is 2.10. The molecule has 2 rings (SSSR count). The summed E-state index contributed by atoms with van der Waals surface area (Å²) in [5.74, 6) is -3.39. The van der Waals surface area contributed by atoms with E-state index < -0.39 is 29.0 Å². The van der Waals surface area contributed by atoms with Crippen molar-refractivity contribution < 1.29 is 40.2 Å². The number of β-lactam (4-membered cyclic amide) rings is 4. The van der Waals surface area contributed by atoms with Gasteiger partial charge in [-0.3, -0.25) is 14.5 Å². The Bertz CT molecular complexity index is 320. The molecule has 0 radical (unpaired) electrons. The Hall–Kier alpha value is -1.03. The van der Waals surface area contributed by atoms with Gasteiger partial charge >= 0.3 is 21.1 Å². The van der Waals surface area contributed by atoms with E-state index in [2.05, 4.69) is 5.32 Å². The third-order valence-electron chi connectivity index (χ3n) is 2.10. The Labute approximate surface area is 94.3 Å². The molecule has 0 unspecified atom stereocenters. The molecule has 7 heteroatoms. The molecule has 6 nitrogen and oxygen atoms in total. The van der Waals surface area contributed by atoms with Crippen LogP contribution < -0.4 is 0 Å². The van der Waals surface area contributed by atoms with Gasteiger partial charge in [0.05, 0.1) is 11.8 Å². The first-order valence-electron chi connectivity index (χ1n) is 3.16. The van der Waals surface area contributed by atoms with Gasteiger partial charge in [-0.15, -0.1) is 0 Å². The fourth-order valence-corrected chi connectivity index (χ4v) is 1.30. The van der Waals surface area contributed by atoms with Crippen molar-refractivity contribution in [3.63, 3.8) is 0 Å². The smallest absolute Gasteiger partial charge is 0.592 e. The Morgan fingerprint density at radius 3 is 1.64 bits per heavy atom. The quantitative estimate of drug-likeness (QED) is 0.308. The number of nitrogens with zero attached hydrogens (tertiary/aromatic N) is 2. The minimum atomic E-state index is -2.05. The number of rotatable bonds is 0. The van der Waals surface area contributed by atoms with Gasteiger partial charge in [0.15, 0.2) is 0 Å². The van der Waals surface area contributed by atoms with E-state index in [9.17, 15) is 19.2 Å². The summed E-state index contributed by atoms with van der Waals surface area (Å²) in [4.78, 5) is 44.3. The van der Waals surface area contributed by atoms with Crippen LogP contribution in [-0.4, -0.2) is 35.6 Å². The van der Waals surface area contributed by atoms with Crippen LogP contribution in [0.5, 0.6) is 0 Å². The topological polar surface area (TPSA) is 85.6 Å². The molecule has 0 saturated carbocycles. The second-order valence-electron chi connectivity index (χ2n) is 2.64. The molecule has 1 spiro atoms. The first-order valence-corrected chi connectivity index (χ1v) is 3.16. The maximum atomic E-state index is 11.0. The Kier molecular flexibility index (Phi) is 3.03. The molecule has 0 aliphatic carbocycles. The molecule has 0 N–H and O–H groups in total. The van der Waals surface area contributed by atoms with Crippen LogP contribution in [0, 0.1) is 12.8 Å². The Morgan fingerprint density at radius 1 is 1.07 bits per heavy atom. The van der Waals surface area contributed by atoms with Gasteiger partial charge in [-0.1, -0.05) is 0 Å². The van der Waals surface area contributed by atoms with E-state index in [1.165, 1.54) is 7.05 Å². The van der Waals surface area contributed by atoms with Gasteiger partial charge < -0.3 is 22.3 Å². The molecule has 4 amide bonds. The molecule has 74 valence electrons. The average molecular weight is 366 g/mol. The van der Waals surface area contributed by atoms with Crippen LogP contribution in [0.15, 0.2) is 0 Å². The molecule has 0 aromatic rings. The fourth-order valence-electron chi connectivity index (χ4n) is 1.30. The fraction of sp³-hybridized carbons (Fsp3) is 0.286. The molecule has 0 bridgehead atoms.